The van der Waals surface area contributed by atoms with E-state index in [9.17, 15) is 0 Å². The van der Waals surface area contributed by atoms with E-state index < -0.39 is 0 Å². The van der Waals surface area contributed by atoms with Crippen LogP contribution in [-0.2, 0) is 5.54 Å². The Hall–Kier alpha value is -2.11. The maximum absolute atomic E-state index is 5.91. The number of rotatable bonds is 2. The molecular formula is C20H20N2OS2. The standard InChI is InChI=1S/C20H20N2OS2/c1-12-9-10-14-13(11-12)17-18(20(2,3)21-14)25-22(19(17)24)15-7-5-6-8-16(15)23-4/h5-11,21H,1-4H3. The van der Waals surface area contributed by atoms with Crippen LogP contribution in [0.2, 0.25) is 0 Å². The molecule has 1 N–H and O–H groups in total. The van der Waals surface area contributed by atoms with E-state index in [2.05, 4.69) is 48.2 Å². The summed E-state index contributed by atoms with van der Waals surface area (Å²) in [6.45, 7) is 6.52. The van der Waals surface area contributed by atoms with Gasteiger partial charge in [0.2, 0.25) is 0 Å². The first-order valence-corrected chi connectivity index (χ1v) is 9.40. The molecule has 0 saturated heterocycles. The van der Waals surface area contributed by atoms with Gasteiger partial charge in [-0.1, -0.05) is 47.5 Å². The van der Waals surface area contributed by atoms with Gasteiger partial charge in [0.05, 0.1) is 23.2 Å². The number of aromatic nitrogens is 1. The molecule has 1 aliphatic rings. The Balaban J connectivity index is 2.04. The van der Waals surface area contributed by atoms with Gasteiger partial charge in [-0.15, -0.1) is 0 Å². The summed E-state index contributed by atoms with van der Waals surface area (Å²) in [7, 11) is 1.69. The fraction of sp³-hybridized carbons (Fsp3) is 0.250. The van der Waals surface area contributed by atoms with Crippen molar-refractivity contribution in [2.75, 3.05) is 12.4 Å². The monoisotopic (exact) mass is 368 g/mol. The van der Waals surface area contributed by atoms with Gasteiger partial charge in [-0.3, -0.25) is 3.96 Å². The van der Waals surface area contributed by atoms with Crippen LogP contribution in [0.25, 0.3) is 16.8 Å². The first-order chi connectivity index (χ1) is 11.9. The van der Waals surface area contributed by atoms with E-state index in [0.29, 0.717) is 0 Å². The normalized spacial score (nSPS) is 14.4. The minimum atomic E-state index is -0.177. The predicted octanol–water partition coefficient (Wildman–Crippen LogP) is 5.91. The molecule has 0 aliphatic carbocycles. The van der Waals surface area contributed by atoms with Gasteiger partial charge in [0.15, 0.2) is 0 Å². The van der Waals surface area contributed by atoms with E-state index in [0.717, 1.165) is 27.3 Å². The molecule has 1 aromatic heterocycles. The van der Waals surface area contributed by atoms with Crippen molar-refractivity contribution in [3.63, 3.8) is 0 Å². The first kappa shape index (κ1) is 16.4. The number of benzene rings is 2. The van der Waals surface area contributed by atoms with E-state index in [1.807, 2.05) is 24.3 Å². The van der Waals surface area contributed by atoms with Gasteiger partial charge in [-0.2, -0.15) is 0 Å². The second-order valence-corrected chi connectivity index (χ2v) is 8.21. The van der Waals surface area contributed by atoms with Gasteiger partial charge in [0.25, 0.3) is 0 Å². The van der Waals surface area contributed by atoms with Gasteiger partial charge >= 0.3 is 0 Å². The highest BCUT2D eigenvalue weighted by Crippen LogP contribution is 2.48. The molecule has 0 atom stereocenters. The lowest BCUT2D eigenvalue weighted by molar-refractivity contribution is 0.413. The van der Waals surface area contributed by atoms with Gasteiger partial charge in [0.1, 0.15) is 10.4 Å². The van der Waals surface area contributed by atoms with Crippen LogP contribution in [0.1, 0.15) is 24.3 Å². The summed E-state index contributed by atoms with van der Waals surface area (Å²) in [6, 6.07) is 14.5. The summed E-state index contributed by atoms with van der Waals surface area (Å²) in [5.74, 6) is 0.826. The molecule has 0 fully saturated rings. The van der Waals surface area contributed by atoms with Crippen LogP contribution < -0.4 is 10.1 Å². The number of methoxy groups -OCH3 is 1. The van der Waals surface area contributed by atoms with Crippen molar-refractivity contribution in [1.29, 1.82) is 0 Å². The Bertz CT molecular complexity index is 1030. The van der Waals surface area contributed by atoms with Crippen molar-refractivity contribution >= 4 is 29.4 Å². The number of hydrogen-bond donors (Lipinski definition) is 1. The van der Waals surface area contributed by atoms with Crippen molar-refractivity contribution < 1.29 is 4.74 Å². The smallest absolute Gasteiger partial charge is 0.143 e. The second kappa shape index (κ2) is 5.71. The molecule has 0 spiro atoms. The lowest BCUT2D eigenvalue weighted by atomic mass is 9.89. The third kappa shape index (κ3) is 2.50. The zero-order chi connectivity index (χ0) is 17.8. The van der Waals surface area contributed by atoms with Crippen molar-refractivity contribution in [1.82, 2.24) is 3.96 Å². The van der Waals surface area contributed by atoms with Crippen LogP contribution in [0.15, 0.2) is 42.5 Å². The molecule has 0 bridgehead atoms. The van der Waals surface area contributed by atoms with Crippen LogP contribution in [0.4, 0.5) is 5.69 Å². The van der Waals surface area contributed by atoms with Crippen molar-refractivity contribution in [2.45, 2.75) is 26.3 Å². The first-order valence-electron chi connectivity index (χ1n) is 8.22. The zero-order valence-corrected chi connectivity index (χ0v) is 16.3. The van der Waals surface area contributed by atoms with Crippen LogP contribution in [0.5, 0.6) is 5.75 Å². The predicted molar refractivity (Wildman–Crippen MR) is 108 cm³/mol. The summed E-state index contributed by atoms with van der Waals surface area (Å²) < 4.78 is 8.50. The summed E-state index contributed by atoms with van der Waals surface area (Å²) in [5, 5.41) is 3.66. The van der Waals surface area contributed by atoms with E-state index in [1.54, 1.807) is 18.6 Å². The lowest BCUT2D eigenvalue weighted by Crippen LogP contribution is -2.30. The van der Waals surface area contributed by atoms with Crippen molar-refractivity contribution in [3.8, 4) is 22.6 Å². The van der Waals surface area contributed by atoms with Gasteiger partial charge < -0.3 is 10.1 Å². The number of fused-ring (bicyclic) bond motifs is 3. The van der Waals surface area contributed by atoms with E-state index in [1.165, 1.54) is 16.0 Å². The summed E-state index contributed by atoms with van der Waals surface area (Å²) in [4.78, 5) is 1.25. The van der Waals surface area contributed by atoms with Crippen LogP contribution >= 0.6 is 23.8 Å². The average molecular weight is 369 g/mol. The Labute approximate surface area is 157 Å². The molecule has 0 radical (unpaired) electrons. The Morgan fingerprint density at radius 3 is 2.68 bits per heavy atom. The van der Waals surface area contributed by atoms with E-state index >= 15 is 0 Å². The molecule has 0 amide bonds. The summed E-state index contributed by atoms with van der Waals surface area (Å²) >= 11 is 7.60. The van der Waals surface area contributed by atoms with E-state index in [4.69, 9.17) is 17.0 Å². The third-order valence-corrected chi connectivity index (χ3v) is 6.53. The highest BCUT2D eigenvalue weighted by atomic mass is 32.1. The summed E-state index contributed by atoms with van der Waals surface area (Å²) in [6.07, 6.45) is 0. The lowest BCUT2D eigenvalue weighted by Gasteiger charge is -2.33. The molecule has 0 unspecified atom stereocenters. The minimum Gasteiger partial charge on any atom is -0.495 e. The SMILES string of the molecule is COc1ccccc1-n1sc2c(c1=S)-c1cc(C)ccc1NC2(C)C. The van der Waals surface area contributed by atoms with Crippen LogP contribution in [0.3, 0.4) is 0 Å². The molecule has 2 aromatic carbocycles. The highest BCUT2D eigenvalue weighted by Gasteiger charge is 2.34. The molecule has 5 heteroatoms. The quantitative estimate of drug-likeness (QED) is 0.569. The fourth-order valence-corrected chi connectivity index (χ4v) is 5.03. The topological polar surface area (TPSA) is 26.2 Å². The Morgan fingerprint density at radius 2 is 1.92 bits per heavy atom. The van der Waals surface area contributed by atoms with Gasteiger partial charge in [-0.25, -0.2) is 0 Å². The number of anilines is 1. The largest absolute Gasteiger partial charge is 0.495 e. The molecule has 0 saturated carbocycles. The number of aryl methyl sites for hydroxylation is 1. The fourth-order valence-electron chi connectivity index (χ4n) is 3.36. The zero-order valence-electron chi connectivity index (χ0n) is 14.7. The number of nitrogens with zero attached hydrogens (tertiary/aromatic N) is 1. The molecule has 25 heavy (non-hydrogen) atoms. The molecule has 3 aromatic rings. The molecule has 3 nitrogen and oxygen atoms in total. The molecule has 1 aliphatic heterocycles. The molecule has 2 heterocycles. The van der Waals surface area contributed by atoms with Gasteiger partial charge in [-0.05, 0) is 45.0 Å². The van der Waals surface area contributed by atoms with Crippen molar-refractivity contribution in [2.24, 2.45) is 0 Å². The maximum Gasteiger partial charge on any atom is 0.143 e. The number of nitrogens with one attached hydrogen (secondary N) is 1. The minimum absolute atomic E-state index is 0.177. The van der Waals surface area contributed by atoms with Crippen LogP contribution in [0, 0.1) is 11.6 Å². The number of para-hydroxylation sites is 2. The second-order valence-electron chi connectivity index (χ2n) is 6.87. The average Bonchev–Trinajstić information content (AvgIpc) is 2.94. The Morgan fingerprint density at radius 1 is 1.16 bits per heavy atom. The van der Waals surface area contributed by atoms with Gasteiger partial charge in [0, 0.05) is 16.8 Å². The van der Waals surface area contributed by atoms with Crippen molar-refractivity contribution in [3.05, 3.63) is 57.5 Å². The molecule has 128 valence electrons. The number of hydrogen-bond acceptors (Lipinski definition) is 4. The Kier molecular flexibility index (Phi) is 3.74. The molecular weight excluding hydrogens is 348 g/mol. The van der Waals surface area contributed by atoms with E-state index in [-0.39, 0.29) is 5.54 Å². The highest BCUT2D eigenvalue weighted by molar-refractivity contribution is 7.71. The molecule has 4 rings (SSSR count). The number of ether oxygens (including phenoxy) is 1. The maximum atomic E-state index is 5.91. The van der Waals surface area contributed by atoms with Crippen LogP contribution in [-0.4, -0.2) is 11.1 Å². The summed E-state index contributed by atoms with van der Waals surface area (Å²) in [5.41, 5.74) is 5.52. The third-order valence-electron chi connectivity index (χ3n) is 4.57.